The second-order valence-electron chi connectivity index (χ2n) is 4.02. The first-order chi connectivity index (χ1) is 8.69. The number of nitrogens with zero attached hydrogens (tertiary/aromatic N) is 1. The summed E-state index contributed by atoms with van der Waals surface area (Å²) in [7, 11) is 0. The SMILES string of the molecule is Cc1cccc(C(=O)Nc2ccc(CN)cc2)n1. The lowest BCUT2D eigenvalue weighted by Gasteiger charge is -2.06. The van der Waals surface area contributed by atoms with Crippen LogP contribution in [0.3, 0.4) is 0 Å². The molecule has 0 unspecified atom stereocenters. The molecule has 0 fully saturated rings. The molecular formula is C14H15N3O. The summed E-state index contributed by atoms with van der Waals surface area (Å²) < 4.78 is 0. The number of amides is 1. The van der Waals surface area contributed by atoms with Crippen molar-refractivity contribution in [1.29, 1.82) is 0 Å². The van der Waals surface area contributed by atoms with E-state index in [1.807, 2.05) is 43.3 Å². The third kappa shape index (κ3) is 2.93. The first kappa shape index (κ1) is 12.3. The van der Waals surface area contributed by atoms with Gasteiger partial charge in [0.15, 0.2) is 0 Å². The van der Waals surface area contributed by atoms with Gasteiger partial charge in [-0.2, -0.15) is 0 Å². The molecule has 2 aromatic rings. The van der Waals surface area contributed by atoms with Crippen molar-refractivity contribution in [2.24, 2.45) is 5.73 Å². The van der Waals surface area contributed by atoms with E-state index in [0.717, 1.165) is 16.9 Å². The van der Waals surface area contributed by atoms with Crippen molar-refractivity contribution in [3.05, 3.63) is 59.4 Å². The summed E-state index contributed by atoms with van der Waals surface area (Å²) in [4.78, 5) is 16.1. The lowest BCUT2D eigenvalue weighted by molar-refractivity contribution is 0.102. The predicted molar refractivity (Wildman–Crippen MR) is 71.3 cm³/mol. The molecule has 0 aliphatic carbocycles. The molecule has 92 valence electrons. The standard InChI is InChI=1S/C14H15N3O/c1-10-3-2-4-13(16-10)14(18)17-12-7-5-11(9-15)6-8-12/h2-8H,9,15H2,1H3,(H,17,18). The van der Waals surface area contributed by atoms with Crippen molar-refractivity contribution in [2.45, 2.75) is 13.5 Å². The molecule has 1 aromatic heterocycles. The van der Waals surface area contributed by atoms with Gasteiger partial charge in [-0.1, -0.05) is 18.2 Å². The fraction of sp³-hybridized carbons (Fsp3) is 0.143. The van der Waals surface area contributed by atoms with E-state index < -0.39 is 0 Å². The molecule has 0 atom stereocenters. The van der Waals surface area contributed by atoms with Gasteiger partial charge in [-0.25, -0.2) is 4.98 Å². The minimum Gasteiger partial charge on any atom is -0.326 e. The Bertz CT molecular complexity index is 549. The van der Waals surface area contributed by atoms with Crippen LogP contribution in [0.5, 0.6) is 0 Å². The highest BCUT2D eigenvalue weighted by Crippen LogP contribution is 2.10. The second-order valence-corrected chi connectivity index (χ2v) is 4.02. The highest BCUT2D eigenvalue weighted by Gasteiger charge is 2.07. The van der Waals surface area contributed by atoms with Crippen molar-refractivity contribution >= 4 is 11.6 Å². The highest BCUT2D eigenvalue weighted by molar-refractivity contribution is 6.02. The minimum absolute atomic E-state index is 0.209. The normalized spacial score (nSPS) is 10.1. The zero-order chi connectivity index (χ0) is 13.0. The van der Waals surface area contributed by atoms with E-state index in [0.29, 0.717) is 12.2 Å². The van der Waals surface area contributed by atoms with Crippen LogP contribution < -0.4 is 11.1 Å². The van der Waals surface area contributed by atoms with Gasteiger partial charge in [0.25, 0.3) is 5.91 Å². The largest absolute Gasteiger partial charge is 0.326 e. The van der Waals surface area contributed by atoms with E-state index in [9.17, 15) is 4.79 Å². The third-order valence-electron chi connectivity index (χ3n) is 2.57. The van der Waals surface area contributed by atoms with Gasteiger partial charge in [0.05, 0.1) is 0 Å². The predicted octanol–water partition coefficient (Wildman–Crippen LogP) is 2.10. The molecule has 4 heteroatoms. The molecule has 0 aliphatic heterocycles. The van der Waals surface area contributed by atoms with E-state index >= 15 is 0 Å². The van der Waals surface area contributed by atoms with Gasteiger partial charge >= 0.3 is 0 Å². The van der Waals surface area contributed by atoms with Gasteiger partial charge < -0.3 is 11.1 Å². The van der Waals surface area contributed by atoms with E-state index in [2.05, 4.69) is 10.3 Å². The first-order valence-electron chi connectivity index (χ1n) is 5.73. The van der Waals surface area contributed by atoms with E-state index in [1.165, 1.54) is 0 Å². The van der Waals surface area contributed by atoms with Gasteiger partial charge in [-0.3, -0.25) is 4.79 Å². The van der Waals surface area contributed by atoms with Crippen LogP contribution in [0.15, 0.2) is 42.5 Å². The molecule has 0 saturated heterocycles. The van der Waals surface area contributed by atoms with E-state index in [-0.39, 0.29) is 5.91 Å². The zero-order valence-electron chi connectivity index (χ0n) is 10.2. The summed E-state index contributed by atoms with van der Waals surface area (Å²) in [5.41, 5.74) is 8.51. The molecule has 1 amide bonds. The molecule has 1 aromatic carbocycles. The Morgan fingerprint density at radius 2 is 1.94 bits per heavy atom. The maximum Gasteiger partial charge on any atom is 0.274 e. The molecular weight excluding hydrogens is 226 g/mol. The Morgan fingerprint density at radius 3 is 2.56 bits per heavy atom. The topological polar surface area (TPSA) is 68.0 Å². The quantitative estimate of drug-likeness (QED) is 0.864. The number of carbonyl (C=O) groups is 1. The van der Waals surface area contributed by atoms with Gasteiger partial charge in [0, 0.05) is 17.9 Å². The zero-order valence-corrected chi connectivity index (χ0v) is 10.2. The number of nitrogens with one attached hydrogen (secondary N) is 1. The smallest absolute Gasteiger partial charge is 0.274 e. The van der Waals surface area contributed by atoms with Crippen molar-refractivity contribution in [2.75, 3.05) is 5.32 Å². The average Bonchev–Trinajstić information content (AvgIpc) is 2.39. The summed E-state index contributed by atoms with van der Waals surface area (Å²) in [6, 6.07) is 12.8. The molecule has 0 aliphatic rings. The number of carbonyl (C=O) groups excluding carboxylic acids is 1. The van der Waals surface area contributed by atoms with Gasteiger partial charge in [-0.15, -0.1) is 0 Å². The maximum atomic E-state index is 11.9. The summed E-state index contributed by atoms with van der Waals surface area (Å²) in [6.07, 6.45) is 0. The average molecular weight is 241 g/mol. The molecule has 0 radical (unpaired) electrons. The molecule has 1 heterocycles. The van der Waals surface area contributed by atoms with Crippen molar-refractivity contribution in [1.82, 2.24) is 4.98 Å². The molecule has 0 saturated carbocycles. The molecule has 18 heavy (non-hydrogen) atoms. The second kappa shape index (κ2) is 5.42. The van der Waals surface area contributed by atoms with Gasteiger partial charge in [0.1, 0.15) is 5.69 Å². The number of aromatic nitrogens is 1. The lowest BCUT2D eigenvalue weighted by Crippen LogP contribution is -2.14. The van der Waals surface area contributed by atoms with Gasteiger partial charge in [0.2, 0.25) is 0 Å². The Labute approximate surface area is 106 Å². The van der Waals surface area contributed by atoms with E-state index in [4.69, 9.17) is 5.73 Å². The number of anilines is 1. The number of aryl methyl sites for hydroxylation is 1. The number of hydrogen-bond donors (Lipinski definition) is 2. The Kier molecular flexibility index (Phi) is 3.69. The maximum absolute atomic E-state index is 11.9. The number of rotatable bonds is 3. The van der Waals surface area contributed by atoms with Crippen LogP contribution in [0.25, 0.3) is 0 Å². The van der Waals surface area contributed by atoms with E-state index in [1.54, 1.807) is 6.07 Å². The van der Waals surface area contributed by atoms with Crippen LogP contribution in [-0.4, -0.2) is 10.9 Å². The Morgan fingerprint density at radius 1 is 1.22 bits per heavy atom. The fourth-order valence-corrected chi connectivity index (χ4v) is 1.59. The molecule has 3 N–H and O–H groups in total. The van der Waals surface area contributed by atoms with Crippen molar-refractivity contribution < 1.29 is 4.79 Å². The summed E-state index contributed by atoms with van der Waals surface area (Å²) in [6.45, 7) is 2.35. The Balaban J connectivity index is 2.11. The van der Waals surface area contributed by atoms with Crippen LogP contribution in [0.2, 0.25) is 0 Å². The van der Waals surface area contributed by atoms with Crippen LogP contribution in [0.4, 0.5) is 5.69 Å². The summed E-state index contributed by atoms with van der Waals surface area (Å²) in [5.74, 6) is -0.209. The molecule has 2 rings (SSSR count). The monoisotopic (exact) mass is 241 g/mol. The highest BCUT2D eigenvalue weighted by atomic mass is 16.1. The first-order valence-corrected chi connectivity index (χ1v) is 5.73. The molecule has 0 bridgehead atoms. The Hall–Kier alpha value is -2.20. The molecule has 4 nitrogen and oxygen atoms in total. The number of pyridine rings is 1. The summed E-state index contributed by atoms with van der Waals surface area (Å²) >= 11 is 0. The number of hydrogen-bond acceptors (Lipinski definition) is 3. The fourth-order valence-electron chi connectivity index (χ4n) is 1.59. The van der Waals surface area contributed by atoms with Crippen LogP contribution in [0, 0.1) is 6.92 Å². The van der Waals surface area contributed by atoms with Crippen LogP contribution in [-0.2, 0) is 6.54 Å². The minimum atomic E-state index is -0.209. The number of nitrogens with two attached hydrogens (primary N) is 1. The van der Waals surface area contributed by atoms with Crippen LogP contribution in [0.1, 0.15) is 21.7 Å². The molecule has 0 spiro atoms. The van der Waals surface area contributed by atoms with Gasteiger partial charge in [-0.05, 0) is 36.8 Å². The lowest BCUT2D eigenvalue weighted by atomic mass is 10.2. The third-order valence-corrected chi connectivity index (χ3v) is 2.57. The number of benzene rings is 1. The van der Waals surface area contributed by atoms with Crippen LogP contribution >= 0.6 is 0 Å². The van der Waals surface area contributed by atoms with Crippen molar-refractivity contribution in [3.63, 3.8) is 0 Å². The summed E-state index contributed by atoms with van der Waals surface area (Å²) in [5, 5.41) is 2.79. The van der Waals surface area contributed by atoms with Crippen molar-refractivity contribution in [3.8, 4) is 0 Å².